The fraction of sp³-hybridized carbons (Fsp3) is 0.286. The number of hydrogen-bond donors (Lipinski definition) is 0. The molecule has 0 bridgehead atoms. The van der Waals surface area contributed by atoms with Crippen LogP contribution in [-0.2, 0) is 0 Å². The molecule has 2 heterocycles. The molecule has 0 atom stereocenters. The average Bonchev–Trinajstić information content (AvgIpc) is 3.40. The smallest absolute Gasteiger partial charge is 0.0980 e. The van der Waals surface area contributed by atoms with Gasteiger partial charge in [-0.05, 0) is 25.5 Å². The van der Waals surface area contributed by atoms with Gasteiger partial charge in [-0.3, -0.25) is 9.97 Å². The van der Waals surface area contributed by atoms with Gasteiger partial charge in [0.05, 0.1) is 24.4 Å². The summed E-state index contributed by atoms with van der Waals surface area (Å²) in [7, 11) is 0. The summed E-state index contributed by atoms with van der Waals surface area (Å²) in [6.45, 7) is 16.2. The standard InChI is InChI=1S/C11H10N2.C11H10O.3C2H6/c1-9-2-4-10(5-3-9)11-8-12-6-7-13-11;1-9-3-2-4-10(7-9)11-5-6-12-8-11;3*1-2/h2-8H,1H3;2-8H,1H3;3*1-2H3. The van der Waals surface area contributed by atoms with E-state index in [4.69, 9.17) is 4.42 Å². The first kappa shape index (κ1) is 27.8. The molecule has 31 heavy (non-hydrogen) atoms. The van der Waals surface area contributed by atoms with Gasteiger partial charge in [0.1, 0.15) is 0 Å². The van der Waals surface area contributed by atoms with Gasteiger partial charge in [-0.2, -0.15) is 0 Å². The van der Waals surface area contributed by atoms with Gasteiger partial charge in [-0.1, -0.05) is 101 Å². The number of benzene rings is 2. The van der Waals surface area contributed by atoms with Crippen LogP contribution in [0.15, 0.2) is 90.1 Å². The SMILES string of the molecule is CC.CC.CC.Cc1ccc(-c2cnccn2)cc1.Cc1cccc(-c2ccoc2)c1. The van der Waals surface area contributed by atoms with Crippen LogP contribution in [0.25, 0.3) is 22.4 Å². The van der Waals surface area contributed by atoms with Crippen LogP contribution >= 0.6 is 0 Å². The highest BCUT2D eigenvalue weighted by Gasteiger charge is 1.97. The largest absolute Gasteiger partial charge is 0.472 e. The Hall–Kier alpha value is -3.20. The summed E-state index contributed by atoms with van der Waals surface area (Å²) in [6, 6.07) is 18.6. The Kier molecular flexibility index (Phi) is 15.8. The van der Waals surface area contributed by atoms with Crippen molar-refractivity contribution in [2.24, 2.45) is 0 Å². The third-order valence-electron chi connectivity index (χ3n) is 3.78. The van der Waals surface area contributed by atoms with Crippen LogP contribution in [0.3, 0.4) is 0 Å². The van der Waals surface area contributed by atoms with Crippen LogP contribution in [-0.4, -0.2) is 9.97 Å². The van der Waals surface area contributed by atoms with Gasteiger partial charge in [0.25, 0.3) is 0 Å². The van der Waals surface area contributed by atoms with Crippen LogP contribution in [0.4, 0.5) is 0 Å². The van der Waals surface area contributed by atoms with E-state index in [0.29, 0.717) is 0 Å². The maximum atomic E-state index is 5.01. The van der Waals surface area contributed by atoms with Crippen molar-refractivity contribution in [2.45, 2.75) is 55.4 Å². The van der Waals surface area contributed by atoms with Crippen molar-refractivity contribution in [3.63, 3.8) is 0 Å². The second kappa shape index (κ2) is 17.6. The van der Waals surface area contributed by atoms with E-state index in [1.807, 2.05) is 47.6 Å². The maximum Gasteiger partial charge on any atom is 0.0980 e. The molecular weight excluding hydrogens is 380 g/mol. The van der Waals surface area contributed by atoms with Crippen LogP contribution in [0.1, 0.15) is 52.7 Å². The average molecular weight is 419 g/mol. The number of rotatable bonds is 2. The topological polar surface area (TPSA) is 38.9 Å². The van der Waals surface area contributed by atoms with Crippen molar-refractivity contribution in [1.29, 1.82) is 0 Å². The summed E-state index contributed by atoms with van der Waals surface area (Å²) in [5, 5.41) is 0. The monoisotopic (exact) mass is 418 g/mol. The molecule has 0 aliphatic rings. The highest BCUT2D eigenvalue weighted by molar-refractivity contribution is 5.62. The Morgan fingerprint density at radius 1 is 0.645 bits per heavy atom. The Morgan fingerprint density at radius 2 is 1.32 bits per heavy atom. The molecule has 0 aliphatic carbocycles. The molecule has 0 amide bonds. The van der Waals surface area contributed by atoms with Crippen molar-refractivity contribution < 1.29 is 4.42 Å². The first-order valence-electron chi connectivity index (χ1n) is 11.1. The quantitative estimate of drug-likeness (QED) is 0.326. The van der Waals surface area contributed by atoms with Crippen molar-refractivity contribution >= 4 is 0 Å². The zero-order chi connectivity index (χ0) is 23.5. The number of hydrogen-bond acceptors (Lipinski definition) is 3. The zero-order valence-electron chi connectivity index (χ0n) is 20.4. The summed E-state index contributed by atoms with van der Waals surface area (Å²) >= 11 is 0. The Balaban J connectivity index is 0.000000470. The van der Waals surface area contributed by atoms with E-state index in [-0.39, 0.29) is 0 Å². The molecule has 0 fully saturated rings. The fourth-order valence-electron chi connectivity index (χ4n) is 2.43. The van der Waals surface area contributed by atoms with E-state index < -0.39 is 0 Å². The Bertz CT molecular complexity index is 899. The minimum absolute atomic E-state index is 0.919. The molecule has 0 unspecified atom stereocenters. The van der Waals surface area contributed by atoms with E-state index in [2.05, 4.69) is 72.3 Å². The Morgan fingerprint density at radius 3 is 1.84 bits per heavy atom. The molecular formula is C28H38N2O. The first-order valence-corrected chi connectivity index (χ1v) is 11.1. The van der Waals surface area contributed by atoms with Crippen LogP contribution in [0, 0.1) is 13.8 Å². The minimum atomic E-state index is 0.919. The lowest BCUT2D eigenvalue weighted by molar-refractivity contribution is 0.568. The third-order valence-corrected chi connectivity index (χ3v) is 3.78. The molecule has 0 aliphatic heterocycles. The molecule has 0 spiro atoms. The fourth-order valence-corrected chi connectivity index (χ4v) is 2.43. The summed E-state index contributed by atoms with van der Waals surface area (Å²) < 4.78 is 5.01. The predicted molar refractivity (Wildman–Crippen MR) is 135 cm³/mol. The highest BCUT2D eigenvalue weighted by Crippen LogP contribution is 2.20. The normalized spacial score (nSPS) is 8.65. The molecule has 4 aromatic rings. The van der Waals surface area contributed by atoms with Gasteiger partial charge >= 0.3 is 0 Å². The van der Waals surface area contributed by atoms with Gasteiger partial charge in [0.2, 0.25) is 0 Å². The second-order valence-electron chi connectivity index (χ2n) is 5.84. The van der Waals surface area contributed by atoms with Crippen molar-refractivity contribution in [3.05, 3.63) is 96.8 Å². The van der Waals surface area contributed by atoms with Gasteiger partial charge in [-0.15, -0.1) is 0 Å². The van der Waals surface area contributed by atoms with Gasteiger partial charge in [-0.25, -0.2) is 0 Å². The lowest BCUT2D eigenvalue weighted by atomic mass is 10.1. The molecule has 166 valence electrons. The van der Waals surface area contributed by atoms with E-state index in [0.717, 1.165) is 16.8 Å². The summed E-state index contributed by atoms with van der Waals surface area (Å²) in [4.78, 5) is 8.24. The highest BCUT2D eigenvalue weighted by atomic mass is 16.3. The first-order chi connectivity index (χ1) is 15.2. The van der Waals surface area contributed by atoms with Crippen molar-refractivity contribution in [1.82, 2.24) is 9.97 Å². The minimum Gasteiger partial charge on any atom is -0.472 e. The number of nitrogens with zero attached hydrogens (tertiary/aromatic N) is 2. The number of aromatic nitrogens is 2. The van der Waals surface area contributed by atoms with Crippen LogP contribution in [0.5, 0.6) is 0 Å². The van der Waals surface area contributed by atoms with Crippen molar-refractivity contribution in [2.75, 3.05) is 0 Å². The van der Waals surface area contributed by atoms with Gasteiger partial charge in [0.15, 0.2) is 0 Å². The summed E-state index contributed by atoms with van der Waals surface area (Å²) in [5.41, 5.74) is 6.91. The van der Waals surface area contributed by atoms with E-state index in [1.165, 1.54) is 16.7 Å². The van der Waals surface area contributed by atoms with Crippen LogP contribution in [0.2, 0.25) is 0 Å². The Labute approximate surface area is 189 Å². The molecule has 3 nitrogen and oxygen atoms in total. The lowest BCUT2D eigenvalue weighted by Gasteiger charge is -1.99. The van der Waals surface area contributed by atoms with Gasteiger partial charge < -0.3 is 4.42 Å². The van der Waals surface area contributed by atoms with E-state index in [1.54, 1.807) is 31.1 Å². The molecule has 2 aromatic heterocycles. The second-order valence-corrected chi connectivity index (χ2v) is 5.84. The lowest BCUT2D eigenvalue weighted by Crippen LogP contribution is -1.83. The molecule has 0 saturated carbocycles. The third kappa shape index (κ3) is 10.4. The molecule has 4 rings (SSSR count). The van der Waals surface area contributed by atoms with Gasteiger partial charge in [0, 0.05) is 23.5 Å². The van der Waals surface area contributed by atoms with Crippen molar-refractivity contribution in [3.8, 4) is 22.4 Å². The van der Waals surface area contributed by atoms with E-state index in [9.17, 15) is 0 Å². The van der Waals surface area contributed by atoms with E-state index >= 15 is 0 Å². The summed E-state index contributed by atoms with van der Waals surface area (Å²) in [5.74, 6) is 0. The molecule has 0 N–H and O–H groups in total. The van der Waals surface area contributed by atoms with Crippen LogP contribution < -0.4 is 0 Å². The molecule has 0 saturated heterocycles. The molecule has 2 aromatic carbocycles. The zero-order valence-corrected chi connectivity index (χ0v) is 20.4. The molecule has 0 radical (unpaired) electrons. The predicted octanol–water partition coefficient (Wildman–Crippen LogP) is 8.79. The summed E-state index contributed by atoms with van der Waals surface area (Å²) in [6.07, 6.45) is 8.60. The number of furan rings is 1. The number of aryl methyl sites for hydroxylation is 2. The molecule has 3 heteroatoms. The maximum absolute atomic E-state index is 5.01.